The van der Waals surface area contributed by atoms with Crippen LogP contribution in [0.15, 0.2) is 65.9 Å². The molecule has 2 unspecified atom stereocenters. The molecule has 0 spiro atoms. The van der Waals surface area contributed by atoms with Crippen LogP contribution >= 0.6 is 11.6 Å². The molecule has 6 rings (SSSR count). The number of ether oxygens (including phenoxy) is 1. The number of carbonyl (C=O) groups excluding carboxylic acids is 2. The van der Waals surface area contributed by atoms with Crippen molar-refractivity contribution < 1.29 is 14.3 Å². The van der Waals surface area contributed by atoms with E-state index >= 15 is 0 Å². The van der Waals surface area contributed by atoms with Crippen molar-refractivity contribution in [3.8, 4) is 5.88 Å². The highest BCUT2D eigenvalue weighted by Gasteiger charge is 2.44. The Bertz CT molecular complexity index is 1440. The molecule has 182 valence electrons. The van der Waals surface area contributed by atoms with E-state index in [1.54, 1.807) is 0 Å². The number of pyridine rings is 1. The quantitative estimate of drug-likeness (QED) is 0.378. The van der Waals surface area contributed by atoms with E-state index in [2.05, 4.69) is 26.0 Å². The van der Waals surface area contributed by atoms with E-state index in [4.69, 9.17) is 21.3 Å². The summed E-state index contributed by atoms with van der Waals surface area (Å²) in [6.45, 7) is 6.17. The molecule has 4 nitrogen and oxygen atoms in total. The van der Waals surface area contributed by atoms with Crippen molar-refractivity contribution in [2.24, 2.45) is 5.41 Å². The van der Waals surface area contributed by atoms with Gasteiger partial charge >= 0.3 is 0 Å². The first-order valence-electron chi connectivity index (χ1n) is 12.5. The summed E-state index contributed by atoms with van der Waals surface area (Å²) in [4.78, 5) is 32.0. The van der Waals surface area contributed by atoms with Gasteiger partial charge in [-0.1, -0.05) is 67.9 Å². The number of aromatic nitrogens is 1. The number of ketones is 2. The zero-order valence-electron chi connectivity index (χ0n) is 20.7. The molecular formula is C31H28ClNO3. The highest BCUT2D eigenvalue weighted by Crippen LogP contribution is 2.52. The molecule has 2 heterocycles. The van der Waals surface area contributed by atoms with Gasteiger partial charge in [-0.25, -0.2) is 4.98 Å². The molecule has 2 atom stereocenters. The number of hydrogen-bond acceptors (Lipinski definition) is 4. The Morgan fingerprint density at radius 1 is 0.917 bits per heavy atom. The number of allylic oxidation sites excluding steroid dienone is 2. The maximum Gasteiger partial charge on any atom is 0.223 e. The Balaban J connectivity index is 1.53. The first-order valence-corrected chi connectivity index (χ1v) is 12.9. The molecule has 0 saturated heterocycles. The van der Waals surface area contributed by atoms with E-state index in [-0.39, 0.29) is 28.8 Å². The van der Waals surface area contributed by atoms with Crippen molar-refractivity contribution in [2.45, 2.75) is 58.3 Å². The molecule has 3 aromatic rings. The van der Waals surface area contributed by atoms with Gasteiger partial charge in [-0.05, 0) is 53.5 Å². The second kappa shape index (κ2) is 8.41. The standard InChI is InChI=1S/C31H28ClNO3/c1-17-26-22(13-20(14-23(26)34)18-7-5-4-6-8-18)33-30-27(17)28(19-9-11-21(32)12-10-19)29-24(35)15-31(2,3)16-25(29)36-30/h4-12,20,28H,13-16H2,1-3H3. The zero-order valence-corrected chi connectivity index (χ0v) is 21.5. The molecule has 3 aliphatic rings. The SMILES string of the molecule is Cc1c2c(nc3c1C(c1ccc(Cl)cc1)C1=C(CC(C)(C)CC1=O)O3)CC(c1ccccc1)CC2=O. The number of Topliss-reactive ketones (excluding diaryl/α,β-unsaturated/α-hetero) is 2. The fourth-order valence-electron chi connectivity index (χ4n) is 6.22. The Morgan fingerprint density at radius 3 is 2.36 bits per heavy atom. The van der Waals surface area contributed by atoms with Crippen LogP contribution in [0.3, 0.4) is 0 Å². The minimum absolute atomic E-state index is 0.0942. The van der Waals surface area contributed by atoms with Gasteiger partial charge in [-0.15, -0.1) is 0 Å². The number of hydrogen-bond donors (Lipinski definition) is 0. The maximum atomic E-state index is 13.5. The lowest BCUT2D eigenvalue weighted by atomic mass is 9.69. The smallest absolute Gasteiger partial charge is 0.223 e. The Labute approximate surface area is 216 Å². The lowest BCUT2D eigenvalue weighted by Crippen LogP contribution is -2.34. The van der Waals surface area contributed by atoms with Crippen LogP contribution in [-0.4, -0.2) is 16.6 Å². The first kappa shape index (κ1) is 23.2. The van der Waals surface area contributed by atoms with Crippen LogP contribution in [0.25, 0.3) is 0 Å². The first-order chi connectivity index (χ1) is 17.2. The van der Waals surface area contributed by atoms with E-state index in [9.17, 15) is 9.59 Å². The summed E-state index contributed by atoms with van der Waals surface area (Å²) in [6.07, 6.45) is 2.26. The van der Waals surface area contributed by atoms with Gasteiger partial charge in [0.25, 0.3) is 0 Å². The van der Waals surface area contributed by atoms with E-state index in [1.807, 2.05) is 49.4 Å². The Kier molecular flexibility index (Phi) is 5.42. The number of fused-ring (bicyclic) bond motifs is 2. The van der Waals surface area contributed by atoms with E-state index < -0.39 is 0 Å². The van der Waals surface area contributed by atoms with Gasteiger partial charge in [-0.2, -0.15) is 0 Å². The van der Waals surface area contributed by atoms with Crippen molar-refractivity contribution in [1.29, 1.82) is 0 Å². The molecule has 1 aliphatic heterocycles. The van der Waals surface area contributed by atoms with Crippen molar-refractivity contribution in [2.75, 3.05) is 0 Å². The third-order valence-corrected chi connectivity index (χ3v) is 8.09. The molecule has 0 fully saturated rings. The second-order valence-electron chi connectivity index (χ2n) is 11.1. The predicted octanol–water partition coefficient (Wildman–Crippen LogP) is 7.12. The van der Waals surface area contributed by atoms with Crippen molar-refractivity contribution in [1.82, 2.24) is 4.98 Å². The highest BCUT2D eigenvalue weighted by atomic mass is 35.5. The minimum Gasteiger partial charge on any atom is -0.443 e. The van der Waals surface area contributed by atoms with Crippen LogP contribution in [0, 0.1) is 12.3 Å². The van der Waals surface area contributed by atoms with Gasteiger partial charge in [0.2, 0.25) is 5.88 Å². The fourth-order valence-corrected chi connectivity index (χ4v) is 6.34. The normalized spacial score (nSPS) is 22.4. The van der Waals surface area contributed by atoms with Gasteiger partial charge in [0.1, 0.15) is 5.76 Å². The van der Waals surface area contributed by atoms with Crippen LogP contribution < -0.4 is 4.74 Å². The topological polar surface area (TPSA) is 56.3 Å². The van der Waals surface area contributed by atoms with Crippen LogP contribution in [0.2, 0.25) is 5.02 Å². The predicted molar refractivity (Wildman–Crippen MR) is 140 cm³/mol. The van der Waals surface area contributed by atoms with Crippen LogP contribution in [0.4, 0.5) is 0 Å². The molecular weight excluding hydrogens is 470 g/mol. The lowest BCUT2D eigenvalue weighted by molar-refractivity contribution is -0.118. The van der Waals surface area contributed by atoms with E-state index in [1.165, 1.54) is 0 Å². The lowest BCUT2D eigenvalue weighted by Gasteiger charge is -2.39. The summed E-state index contributed by atoms with van der Waals surface area (Å²) in [5.41, 5.74) is 5.80. The van der Waals surface area contributed by atoms with Gasteiger partial charge < -0.3 is 4.74 Å². The van der Waals surface area contributed by atoms with Gasteiger partial charge in [0.15, 0.2) is 11.6 Å². The molecule has 5 heteroatoms. The third kappa shape index (κ3) is 3.79. The largest absolute Gasteiger partial charge is 0.443 e. The zero-order chi connectivity index (χ0) is 25.2. The summed E-state index contributed by atoms with van der Waals surface area (Å²) in [7, 11) is 0. The molecule has 0 saturated carbocycles. The van der Waals surface area contributed by atoms with E-state index in [0.717, 1.165) is 27.9 Å². The Morgan fingerprint density at radius 2 is 1.64 bits per heavy atom. The molecule has 2 aliphatic carbocycles. The minimum atomic E-state index is -0.331. The summed E-state index contributed by atoms with van der Waals surface area (Å²) in [5, 5.41) is 0.638. The number of benzene rings is 2. The average Bonchev–Trinajstić information content (AvgIpc) is 2.83. The third-order valence-electron chi connectivity index (χ3n) is 7.84. The molecule has 2 aromatic carbocycles. The molecule has 1 aromatic heterocycles. The fraction of sp³-hybridized carbons (Fsp3) is 0.323. The van der Waals surface area contributed by atoms with Crippen molar-refractivity contribution in [3.05, 3.63) is 104 Å². The van der Waals surface area contributed by atoms with Gasteiger partial charge in [0, 0.05) is 46.9 Å². The van der Waals surface area contributed by atoms with Gasteiger partial charge in [0.05, 0.1) is 5.69 Å². The summed E-state index contributed by atoms with van der Waals surface area (Å²) in [6, 6.07) is 17.8. The van der Waals surface area contributed by atoms with Crippen molar-refractivity contribution >= 4 is 23.2 Å². The van der Waals surface area contributed by atoms with Crippen LogP contribution in [0.5, 0.6) is 5.88 Å². The summed E-state index contributed by atoms with van der Waals surface area (Å²) in [5.74, 6) is 1.19. The van der Waals surface area contributed by atoms with Crippen LogP contribution in [-0.2, 0) is 11.2 Å². The molecule has 0 amide bonds. The second-order valence-corrected chi connectivity index (χ2v) is 11.5. The Hall–Kier alpha value is -3.24. The summed E-state index contributed by atoms with van der Waals surface area (Å²) < 4.78 is 6.45. The number of halogens is 1. The number of carbonyl (C=O) groups is 2. The molecule has 36 heavy (non-hydrogen) atoms. The maximum absolute atomic E-state index is 13.5. The number of nitrogens with zero attached hydrogens (tertiary/aromatic N) is 1. The van der Waals surface area contributed by atoms with Gasteiger partial charge in [-0.3, -0.25) is 9.59 Å². The van der Waals surface area contributed by atoms with Crippen LogP contribution in [0.1, 0.15) is 83.3 Å². The van der Waals surface area contributed by atoms with Crippen molar-refractivity contribution in [3.63, 3.8) is 0 Å². The molecule has 0 N–H and O–H groups in total. The number of rotatable bonds is 2. The van der Waals surface area contributed by atoms with E-state index in [0.29, 0.717) is 53.5 Å². The summed E-state index contributed by atoms with van der Waals surface area (Å²) >= 11 is 6.20. The molecule has 0 radical (unpaired) electrons. The molecule has 0 bridgehead atoms. The monoisotopic (exact) mass is 497 g/mol. The average molecular weight is 498 g/mol. The highest BCUT2D eigenvalue weighted by molar-refractivity contribution is 6.30.